The number of rotatable bonds is 4. The number of hydrogen-bond acceptors (Lipinski definition) is 2. The minimum Gasteiger partial charge on any atom is -0.370 e. The monoisotopic (exact) mass is 288 g/mol. The van der Waals surface area contributed by atoms with E-state index in [1.165, 1.54) is 12.0 Å². The zero-order valence-corrected chi connectivity index (χ0v) is 14.0. The summed E-state index contributed by atoms with van der Waals surface area (Å²) < 4.78 is 5.91. The van der Waals surface area contributed by atoms with Gasteiger partial charge in [0, 0.05) is 5.56 Å². The van der Waals surface area contributed by atoms with Crippen molar-refractivity contribution in [1.29, 1.82) is 0 Å². The molecule has 0 bridgehead atoms. The van der Waals surface area contributed by atoms with Crippen LogP contribution in [0.1, 0.15) is 60.2 Å². The molecule has 116 valence electrons. The highest BCUT2D eigenvalue weighted by Gasteiger charge is 2.25. The van der Waals surface area contributed by atoms with Gasteiger partial charge in [0.05, 0.1) is 6.10 Å². The summed E-state index contributed by atoms with van der Waals surface area (Å²) in [6, 6.07) is 4.15. The van der Waals surface area contributed by atoms with E-state index < -0.39 is 0 Å². The van der Waals surface area contributed by atoms with E-state index in [9.17, 15) is 4.79 Å². The van der Waals surface area contributed by atoms with Gasteiger partial charge < -0.3 is 4.74 Å². The van der Waals surface area contributed by atoms with Crippen LogP contribution in [0.15, 0.2) is 12.1 Å². The topological polar surface area (TPSA) is 26.3 Å². The number of carbonyl (C=O) groups is 1. The fourth-order valence-corrected chi connectivity index (χ4v) is 3.54. The van der Waals surface area contributed by atoms with Crippen LogP contribution < -0.4 is 0 Å². The zero-order chi connectivity index (χ0) is 15.6. The van der Waals surface area contributed by atoms with Gasteiger partial charge in [0.25, 0.3) is 0 Å². The minimum atomic E-state index is 0.122. The summed E-state index contributed by atoms with van der Waals surface area (Å²) >= 11 is 0. The minimum absolute atomic E-state index is 0.122. The predicted molar refractivity (Wildman–Crippen MR) is 86.9 cm³/mol. The highest BCUT2D eigenvalue weighted by atomic mass is 16.5. The van der Waals surface area contributed by atoms with Gasteiger partial charge in [0.1, 0.15) is 6.61 Å². The first-order valence-corrected chi connectivity index (χ1v) is 8.11. The third-order valence-corrected chi connectivity index (χ3v) is 4.96. The van der Waals surface area contributed by atoms with E-state index >= 15 is 0 Å². The number of aryl methyl sites for hydroxylation is 3. The van der Waals surface area contributed by atoms with Crippen molar-refractivity contribution in [3.8, 4) is 0 Å². The van der Waals surface area contributed by atoms with Crippen molar-refractivity contribution in [3.63, 3.8) is 0 Å². The fourth-order valence-electron chi connectivity index (χ4n) is 3.54. The fraction of sp³-hybridized carbons (Fsp3) is 0.632. The van der Waals surface area contributed by atoms with Crippen LogP contribution in [0.2, 0.25) is 0 Å². The molecule has 0 saturated heterocycles. The van der Waals surface area contributed by atoms with E-state index in [1.54, 1.807) is 0 Å². The summed E-state index contributed by atoms with van der Waals surface area (Å²) in [5.41, 5.74) is 4.17. The summed E-state index contributed by atoms with van der Waals surface area (Å²) in [4.78, 5) is 12.5. The maximum absolute atomic E-state index is 12.5. The molecule has 1 aliphatic carbocycles. The molecule has 2 heteroatoms. The molecule has 0 amide bonds. The van der Waals surface area contributed by atoms with Gasteiger partial charge in [-0.15, -0.1) is 0 Å². The van der Waals surface area contributed by atoms with Crippen molar-refractivity contribution in [2.75, 3.05) is 6.61 Å². The Labute approximate surface area is 128 Å². The Morgan fingerprint density at radius 2 is 1.71 bits per heavy atom. The first kappa shape index (κ1) is 16.2. The van der Waals surface area contributed by atoms with Crippen LogP contribution in [0.4, 0.5) is 0 Å². The third kappa shape index (κ3) is 3.94. The molecule has 21 heavy (non-hydrogen) atoms. The molecule has 1 aliphatic rings. The lowest BCUT2D eigenvalue weighted by Crippen LogP contribution is -2.28. The van der Waals surface area contributed by atoms with Crippen LogP contribution in [0, 0.1) is 32.6 Å². The lowest BCUT2D eigenvalue weighted by Gasteiger charge is -2.31. The van der Waals surface area contributed by atoms with Crippen LogP contribution in [0.5, 0.6) is 0 Å². The van der Waals surface area contributed by atoms with Crippen LogP contribution in [0.3, 0.4) is 0 Å². The van der Waals surface area contributed by atoms with Gasteiger partial charge in [-0.05, 0) is 63.0 Å². The summed E-state index contributed by atoms with van der Waals surface area (Å²) in [7, 11) is 0. The Kier molecular flexibility index (Phi) is 5.21. The molecule has 1 fully saturated rings. The summed E-state index contributed by atoms with van der Waals surface area (Å²) in [6.45, 7) is 10.9. The molecule has 0 aliphatic heterocycles. The molecule has 1 saturated carbocycles. The lowest BCUT2D eigenvalue weighted by atomic mass is 9.80. The average Bonchev–Trinajstić information content (AvgIpc) is 2.39. The normalized spacial score (nSPS) is 25.9. The first-order valence-electron chi connectivity index (χ1n) is 8.11. The predicted octanol–water partition coefficient (Wildman–Crippen LogP) is 4.64. The molecule has 3 atom stereocenters. The standard InChI is InChI=1S/C19H28O2/c1-12-8-15(4)19(16(5)9-12)18(20)11-21-17-7-6-13(2)14(3)10-17/h8-9,13-14,17H,6-7,10-11H2,1-5H3. The maximum Gasteiger partial charge on any atom is 0.189 e. The summed E-state index contributed by atoms with van der Waals surface area (Å²) in [6.07, 6.45) is 3.64. The van der Waals surface area contributed by atoms with Gasteiger partial charge in [0.2, 0.25) is 0 Å². The highest BCUT2D eigenvalue weighted by Crippen LogP contribution is 2.31. The van der Waals surface area contributed by atoms with Gasteiger partial charge >= 0.3 is 0 Å². The van der Waals surface area contributed by atoms with E-state index in [4.69, 9.17) is 4.74 Å². The van der Waals surface area contributed by atoms with Gasteiger partial charge in [-0.2, -0.15) is 0 Å². The zero-order valence-electron chi connectivity index (χ0n) is 14.0. The number of ether oxygens (including phenoxy) is 1. The Balaban J connectivity index is 1.97. The van der Waals surface area contributed by atoms with Crippen molar-refractivity contribution in [3.05, 3.63) is 34.4 Å². The van der Waals surface area contributed by atoms with Gasteiger partial charge in [-0.25, -0.2) is 0 Å². The van der Waals surface area contributed by atoms with Crippen molar-refractivity contribution >= 4 is 5.78 Å². The molecule has 3 unspecified atom stereocenters. The molecule has 0 aromatic heterocycles. The van der Waals surface area contributed by atoms with Crippen LogP contribution in [0.25, 0.3) is 0 Å². The summed E-state index contributed by atoms with van der Waals surface area (Å²) in [5.74, 6) is 1.60. The maximum atomic E-state index is 12.5. The molecule has 0 spiro atoms. The van der Waals surface area contributed by atoms with Gasteiger partial charge in [-0.1, -0.05) is 31.5 Å². The van der Waals surface area contributed by atoms with Crippen LogP contribution in [-0.4, -0.2) is 18.5 Å². The van der Waals surface area contributed by atoms with E-state index in [0.717, 1.165) is 35.4 Å². The largest absolute Gasteiger partial charge is 0.370 e. The van der Waals surface area contributed by atoms with Crippen molar-refractivity contribution in [2.45, 2.75) is 60.0 Å². The number of hydrogen-bond donors (Lipinski definition) is 0. The van der Waals surface area contributed by atoms with E-state index in [1.807, 2.05) is 13.8 Å². The number of benzene rings is 1. The smallest absolute Gasteiger partial charge is 0.189 e. The molecule has 2 nitrogen and oxygen atoms in total. The quantitative estimate of drug-likeness (QED) is 0.755. The van der Waals surface area contributed by atoms with E-state index in [2.05, 4.69) is 32.9 Å². The molecule has 1 aromatic carbocycles. The van der Waals surface area contributed by atoms with E-state index in [-0.39, 0.29) is 18.5 Å². The van der Waals surface area contributed by atoms with Crippen LogP contribution in [-0.2, 0) is 4.74 Å². The van der Waals surface area contributed by atoms with E-state index in [0.29, 0.717) is 5.92 Å². The number of ketones is 1. The average molecular weight is 288 g/mol. The molecular formula is C19H28O2. The second kappa shape index (κ2) is 6.74. The van der Waals surface area contributed by atoms with Crippen LogP contribution >= 0.6 is 0 Å². The molecular weight excluding hydrogens is 260 g/mol. The Morgan fingerprint density at radius 3 is 2.29 bits per heavy atom. The SMILES string of the molecule is Cc1cc(C)c(C(=O)COC2CCC(C)C(C)C2)c(C)c1. The molecule has 2 rings (SSSR count). The van der Waals surface area contributed by atoms with Crippen molar-refractivity contribution in [2.24, 2.45) is 11.8 Å². The molecule has 0 radical (unpaired) electrons. The second-order valence-corrected chi connectivity index (χ2v) is 6.90. The Hall–Kier alpha value is -1.15. The first-order chi connectivity index (χ1) is 9.88. The third-order valence-electron chi connectivity index (χ3n) is 4.96. The number of carbonyl (C=O) groups excluding carboxylic acids is 1. The second-order valence-electron chi connectivity index (χ2n) is 6.90. The molecule has 0 N–H and O–H groups in total. The lowest BCUT2D eigenvalue weighted by molar-refractivity contribution is 0.00703. The summed E-state index contributed by atoms with van der Waals surface area (Å²) in [5, 5.41) is 0. The molecule has 1 aromatic rings. The Morgan fingerprint density at radius 1 is 1.10 bits per heavy atom. The van der Waals surface area contributed by atoms with Crippen molar-refractivity contribution in [1.82, 2.24) is 0 Å². The van der Waals surface area contributed by atoms with Crippen molar-refractivity contribution < 1.29 is 9.53 Å². The molecule has 0 heterocycles. The van der Waals surface area contributed by atoms with Gasteiger partial charge in [-0.3, -0.25) is 4.79 Å². The Bertz CT molecular complexity index is 495. The number of Topliss-reactive ketones (excluding diaryl/α,β-unsaturated/α-hetero) is 1. The van der Waals surface area contributed by atoms with Gasteiger partial charge in [0.15, 0.2) is 5.78 Å². The highest BCUT2D eigenvalue weighted by molar-refractivity contribution is 5.99.